The van der Waals surface area contributed by atoms with Gasteiger partial charge in [-0.15, -0.1) is 0 Å². The number of aryl methyl sites for hydroxylation is 1. The highest BCUT2D eigenvalue weighted by atomic mass is 35.5. The lowest BCUT2D eigenvalue weighted by Crippen LogP contribution is -2.07. The molecule has 0 saturated heterocycles. The molecule has 2 aromatic heterocycles. The average molecular weight is 274 g/mol. The van der Waals surface area contributed by atoms with Crippen LogP contribution in [0.5, 0.6) is 0 Å². The number of benzene rings is 1. The maximum Gasteiger partial charge on any atom is 0.145 e. The first-order chi connectivity index (χ1) is 9.24. The van der Waals surface area contributed by atoms with Crippen LogP contribution in [0.2, 0.25) is 5.02 Å². The van der Waals surface area contributed by atoms with E-state index in [2.05, 4.69) is 20.3 Å². The Balaban J connectivity index is 1.84. The van der Waals surface area contributed by atoms with E-state index in [4.69, 9.17) is 11.6 Å². The number of anilines is 1. The lowest BCUT2D eigenvalue weighted by Gasteiger charge is -2.06. The van der Waals surface area contributed by atoms with E-state index in [9.17, 15) is 0 Å². The molecular formula is C13H12ClN5. The number of nitrogens with zero attached hydrogens (tertiary/aromatic N) is 4. The summed E-state index contributed by atoms with van der Waals surface area (Å²) in [6.45, 7) is 0.601. The van der Waals surface area contributed by atoms with Crippen LogP contribution in [0.1, 0.15) is 5.82 Å². The van der Waals surface area contributed by atoms with E-state index in [1.54, 1.807) is 18.5 Å². The predicted octanol–water partition coefficient (Wildman–Crippen LogP) is 2.63. The van der Waals surface area contributed by atoms with Gasteiger partial charge in [-0.2, -0.15) is 0 Å². The van der Waals surface area contributed by atoms with E-state index in [-0.39, 0.29) is 0 Å². The fourth-order valence-corrected chi connectivity index (χ4v) is 2.05. The van der Waals surface area contributed by atoms with Crippen molar-refractivity contribution in [3.8, 4) is 0 Å². The largest absolute Gasteiger partial charge is 0.362 e. The summed E-state index contributed by atoms with van der Waals surface area (Å²) in [4.78, 5) is 13.0. The van der Waals surface area contributed by atoms with Crippen molar-refractivity contribution in [3.63, 3.8) is 0 Å². The van der Waals surface area contributed by atoms with E-state index in [1.807, 2.05) is 29.9 Å². The lowest BCUT2D eigenvalue weighted by atomic mass is 10.3. The molecule has 96 valence electrons. The molecule has 5 nitrogen and oxygen atoms in total. The Kier molecular flexibility index (Phi) is 3.05. The van der Waals surface area contributed by atoms with Gasteiger partial charge in [-0.1, -0.05) is 17.7 Å². The Morgan fingerprint density at radius 1 is 1.32 bits per heavy atom. The van der Waals surface area contributed by atoms with E-state index in [1.165, 1.54) is 0 Å². The Labute approximate surface area is 115 Å². The predicted molar refractivity (Wildman–Crippen MR) is 75.1 cm³/mol. The summed E-state index contributed by atoms with van der Waals surface area (Å²) in [6, 6.07) is 5.56. The smallest absolute Gasteiger partial charge is 0.145 e. The van der Waals surface area contributed by atoms with Gasteiger partial charge in [0.25, 0.3) is 0 Å². The third-order valence-electron chi connectivity index (χ3n) is 2.87. The summed E-state index contributed by atoms with van der Waals surface area (Å²) in [6.07, 6.45) is 5.35. The molecule has 0 aliphatic heterocycles. The first-order valence-electron chi connectivity index (χ1n) is 5.85. The molecule has 1 aromatic carbocycles. The molecule has 0 atom stereocenters. The molecule has 0 radical (unpaired) electrons. The molecule has 0 saturated carbocycles. The number of halogens is 1. The highest BCUT2D eigenvalue weighted by Crippen LogP contribution is 2.20. The van der Waals surface area contributed by atoms with Crippen molar-refractivity contribution in [1.82, 2.24) is 19.5 Å². The molecule has 0 aliphatic carbocycles. The van der Waals surface area contributed by atoms with Crippen molar-refractivity contribution in [2.75, 3.05) is 5.32 Å². The molecule has 1 N–H and O–H groups in total. The molecule has 3 rings (SSSR count). The van der Waals surface area contributed by atoms with Gasteiger partial charge in [0.15, 0.2) is 0 Å². The van der Waals surface area contributed by atoms with Crippen LogP contribution >= 0.6 is 11.6 Å². The SMILES string of the molecule is Cn1ccnc1CNc1cnc2c(Cl)cccc2n1. The maximum atomic E-state index is 6.05. The second kappa shape index (κ2) is 4.85. The molecule has 2 heterocycles. The van der Waals surface area contributed by atoms with E-state index in [0.717, 1.165) is 11.3 Å². The number of imidazole rings is 1. The van der Waals surface area contributed by atoms with Crippen LogP contribution in [0.15, 0.2) is 36.8 Å². The van der Waals surface area contributed by atoms with Crippen LogP contribution in [-0.2, 0) is 13.6 Å². The normalized spacial score (nSPS) is 10.8. The molecule has 19 heavy (non-hydrogen) atoms. The number of hydrogen-bond donors (Lipinski definition) is 1. The standard InChI is InChI=1S/C13H12ClN5/c1-19-6-5-15-12(19)8-16-11-7-17-13-9(14)3-2-4-10(13)18-11/h2-7H,8H2,1H3,(H,16,18). The first-order valence-corrected chi connectivity index (χ1v) is 6.23. The van der Waals surface area contributed by atoms with Gasteiger partial charge in [-0.25, -0.2) is 15.0 Å². The molecule has 3 aromatic rings. The van der Waals surface area contributed by atoms with E-state index < -0.39 is 0 Å². The summed E-state index contributed by atoms with van der Waals surface area (Å²) in [5, 5.41) is 3.81. The highest BCUT2D eigenvalue weighted by Gasteiger charge is 2.04. The fourth-order valence-electron chi connectivity index (χ4n) is 1.83. The summed E-state index contributed by atoms with van der Waals surface area (Å²) in [7, 11) is 1.95. The number of para-hydroxylation sites is 1. The Morgan fingerprint density at radius 2 is 2.21 bits per heavy atom. The second-order valence-electron chi connectivity index (χ2n) is 4.17. The van der Waals surface area contributed by atoms with E-state index in [0.29, 0.717) is 22.9 Å². The minimum absolute atomic E-state index is 0.601. The van der Waals surface area contributed by atoms with Crippen LogP contribution in [-0.4, -0.2) is 19.5 Å². The molecule has 0 bridgehead atoms. The average Bonchev–Trinajstić information content (AvgIpc) is 2.82. The van der Waals surface area contributed by atoms with Crippen molar-refractivity contribution in [3.05, 3.63) is 47.6 Å². The number of nitrogens with one attached hydrogen (secondary N) is 1. The number of fused-ring (bicyclic) bond motifs is 1. The number of aromatic nitrogens is 4. The van der Waals surface area contributed by atoms with Crippen LogP contribution in [0, 0.1) is 0 Å². The minimum atomic E-state index is 0.601. The molecule has 6 heteroatoms. The van der Waals surface area contributed by atoms with Gasteiger partial charge < -0.3 is 9.88 Å². The molecule has 0 amide bonds. The quantitative estimate of drug-likeness (QED) is 0.797. The summed E-state index contributed by atoms with van der Waals surface area (Å²) in [5.41, 5.74) is 1.49. The summed E-state index contributed by atoms with van der Waals surface area (Å²) < 4.78 is 1.96. The minimum Gasteiger partial charge on any atom is -0.362 e. The van der Waals surface area contributed by atoms with Gasteiger partial charge in [-0.05, 0) is 12.1 Å². The molecular weight excluding hydrogens is 262 g/mol. The molecule has 0 fully saturated rings. The van der Waals surface area contributed by atoms with Crippen LogP contribution in [0.3, 0.4) is 0 Å². The van der Waals surface area contributed by atoms with Crippen LogP contribution in [0.25, 0.3) is 11.0 Å². The Hall–Kier alpha value is -2.14. The molecule has 0 unspecified atom stereocenters. The number of rotatable bonds is 3. The Morgan fingerprint density at radius 3 is 3.00 bits per heavy atom. The zero-order valence-corrected chi connectivity index (χ0v) is 11.1. The summed E-state index contributed by atoms with van der Waals surface area (Å²) >= 11 is 6.05. The zero-order chi connectivity index (χ0) is 13.2. The van der Waals surface area contributed by atoms with Gasteiger partial charge in [0.05, 0.1) is 23.3 Å². The first kappa shape index (κ1) is 11.9. The third-order valence-corrected chi connectivity index (χ3v) is 3.18. The van der Waals surface area contributed by atoms with Gasteiger partial charge in [0, 0.05) is 19.4 Å². The monoisotopic (exact) mass is 273 g/mol. The zero-order valence-electron chi connectivity index (χ0n) is 10.3. The van der Waals surface area contributed by atoms with Crippen molar-refractivity contribution >= 4 is 28.5 Å². The van der Waals surface area contributed by atoms with Crippen molar-refractivity contribution in [2.45, 2.75) is 6.54 Å². The van der Waals surface area contributed by atoms with Gasteiger partial charge in [-0.3, -0.25) is 0 Å². The molecule has 0 spiro atoms. The van der Waals surface area contributed by atoms with Crippen LogP contribution < -0.4 is 5.32 Å². The molecule has 0 aliphatic rings. The second-order valence-corrected chi connectivity index (χ2v) is 4.58. The van der Waals surface area contributed by atoms with Crippen molar-refractivity contribution in [1.29, 1.82) is 0 Å². The summed E-state index contributed by atoms with van der Waals surface area (Å²) in [5.74, 6) is 1.64. The van der Waals surface area contributed by atoms with Gasteiger partial charge in [0.1, 0.15) is 17.2 Å². The lowest BCUT2D eigenvalue weighted by molar-refractivity contribution is 0.811. The van der Waals surface area contributed by atoms with Crippen LogP contribution in [0.4, 0.5) is 5.82 Å². The number of hydrogen-bond acceptors (Lipinski definition) is 4. The van der Waals surface area contributed by atoms with Gasteiger partial charge in [0.2, 0.25) is 0 Å². The van der Waals surface area contributed by atoms with Crippen molar-refractivity contribution < 1.29 is 0 Å². The third kappa shape index (κ3) is 2.37. The maximum absolute atomic E-state index is 6.05. The van der Waals surface area contributed by atoms with Crippen molar-refractivity contribution in [2.24, 2.45) is 7.05 Å². The fraction of sp³-hybridized carbons (Fsp3) is 0.154. The Bertz CT molecular complexity index is 722. The highest BCUT2D eigenvalue weighted by molar-refractivity contribution is 6.34. The topological polar surface area (TPSA) is 55.6 Å². The van der Waals surface area contributed by atoms with E-state index >= 15 is 0 Å². The van der Waals surface area contributed by atoms with Gasteiger partial charge >= 0.3 is 0 Å².